The number of rotatable bonds is 3. The Hall–Kier alpha value is -1.22. The highest BCUT2D eigenvalue weighted by atomic mass is 16.5. The first-order chi connectivity index (χ1) is 9.97. The lowest BCUT2D eigenvalue weighted by Gasteiger charge is -2.41. The van der Waals surface area contributed by atoms with E-state index < -0.39 is 0 Å². The smallest absolute Gasteiger partial charge is 0.143 e. The van der Waals surface area contributed by atoms with E-state index in [1.165, 1.54) is 11.3 Å². The van der Waals surface area contributed by atoms with E-state index in [1.807, 2.05) is 0 Å². The molecule has 0 aliphatic carbocycles. The lowest BCUT2D eigenvalue weighted by atomic mass is 9.86. The molecular weight excluding hydrogens is 272 g/mol. The van der Waals surface area contributed by atoms with Crippen molar-refractivity contribution >= 4 is 5.69 Å². The maximum atomic E-state index is 6.29. The van der Waals surface area contributed by atoms with Crippen LogP contribution in [0.1, 0.15) is 54.0 Å². The van der Waals surface area contributed by atoms with Crippen LogP contribution in [0, 0.1) is 5.92 Å². The summed E-state index contributed by atoms with van der Waals surface area (Å²) in [6, 6.07) is 6.59. The fourth-order valence-electron chi connectivity index (χ4n) is 2.84. The highest BCUT2D eigenvalue weighted by Crippen LogP contribution is 2.38. The van der Waals surface area contributed by atoms with E-state index in [0.717, 1.165) is 18.8 Å². The third-order valence-corrected chi connectivity index (χ3v) is 4.19. The van der Waals surface area contributed by atoms with Crippen LogP contribution in [0.2, 0.25) is 0 Å². The quantitative estimate of drug-likeness (QED) is 0.919. The number of ether oxygens (including phenoxy) is 1. The number of nitrogens with two attached hydrogens (primary N) is 1. The molecule has 0 bridgehead atoms. The molecule has 22 heavy (non-hydrogen) atoms. The molecule has 2 rings (SSSR count). The van der Waals surface area contributed by atoms with Crippen molar-refractivity contribution in [3.8, 4) is 5.75 Å². The second kappa shape index (κ2) is 5.77. The minimum atomic E-state index is -0.228. The van der Waals surface area contributed by atoms with E-state index in [-0.39, 0.29) is 17.1 Å². The van der Waals surface area contributed by atoms with Crippen molar-refractivity contribution in [3.63, 3.8) is 0 Å². The zero-order chi connectivity index (χ0) is 16.7. The van der Waals surface area contributed by atoms with Gasteiger partial charge in [0, 0.05) is 12.1 Å². The topological polar surface area (TPSA) is 38.5 Å². The standard InChI is InChI=1S/C19H32N2O/c1-13(2)17-11-21(12-19(6,7)20)15-10-14(18(3,4)5)8-9-16(15)22-17/h8-10,13,17H,11-12,20H2,1-7H3. The van der Waals surface area contributed by atoms with Crippen molar-refractivity contribution in [2.75, 3.05) is 18.0 Å². The number of hydrogen-bond donors (Lipinski definition) is 1. The van der Waals surface area contributed by atoms with Crippen LogP contribution in [-0.4, -0.2) is 24.7 Å². The maximum absolute atomic E-state index is 6.29. The molecule has 1 aliphatic heterocycles. The van der Waals surface area contributed by atoms with Gasteiger partial charge in [-0.05, 0) is 42.9 Å². The minimum absolute atomic E-state index is 0.133. The molecule has 0 amide bonds. The SMILES string of the molecule is CC(C)C1CN(CC(C)(C)N)c2cc(C(C)(C)C)ccc2O1. The Morgan fingerprint density at radius 3 is 2.36 bits per heavy atom. The second-order valence-electron chi connectivity index (χ2n) is 8.70. The summed E-state index contributed by atoms with van der Waals surface area (Å²) in [6.07, 6.45) is 0.218. The normalized spacial score (nSPS) is 19.1. The number of hydrogen-bond acceptors (Lipinski definition) is 3. The predicted molar refractivity (Wildman–Crippen MR) is 94.9 cm³/mol. The summed E-state index contributed by atoms with van der Waals surface area (Å²) >= 11 is 0. The second-order valence-corrected chi connectivity index (χ2v) is 8.70. The van der Waals surface area contributed by atoms with Crippen molar-refractivity contribution in [2.45, 2.75) is 65.5 Å². The monoisotopic (exact) mass is 304 g/mol. The Morgan fingerprint density at radius 1 is 1.23 bits per heavy atom. The fourth-order valence-corrected chi connectivity index (χ4v) is 2.84. The fraction of sp³-hybridized carbons (Fsp3) is 0.684. The van der Waals surface area contributed by atoms with Gasteiger partial charge in [-0.3, -0.25) is 0 Å². The number of fused-ring (bicyclic) bond motifs is 1. The summed E-state index contributed by atoms with van der Waals surface area (Å²) in [7, 11) is 0. The van der Waals surface area contributed by atoms with Crippen LogP contribution in [0.4, 0.5) is 5.69 Å². The molecule has 0 saturated carbocycles. The van der Waals surface area contributed by atoms with Crippen LogP contribution < -0.4 is 15.4 Å². The number of benzene rings is 1. The number of anilines is 1. The summed E-state index contributed by atoms with van der Waals surface area (Å²) in [4.78, 5) is 2.40. The van der Waals surface area contributed by atoms with Crippen molar-refractivity contribution in [1.29, 1.82) is 0 Å². The Kier molecular flexibility index (Phi) is 4.49. The van der Waals surface area contributed by atoms with Crippen molar-refractivity contribution < 1.29 is 4.74 Å². The Balaban J connectivity index is 2.42. The highest BCUT2D eigenvalue weighted by molar-refractivity contribution is 5.62. The van der Waals surface area contributed by atoms with Gasteiger partial charge in [-0.2, -0.15) is 0 Å². The van der Waals surface area contributed by atoms with Gasteiger partial charge in [-0.25, -0.2) is 0 Å². The van der Waals surface area contributed by atoms with Gasteiger partial charge in [0.05, 0.1) is 12.2 Å². The Bertz CT molecular complexity index is 523. The molecule has 124 valence electrons. The molecule has 1 atom stereocenters. The van der Waals surface area contributed by atoms with Gasteiger partial charge in [0.25, 0.3) is 0 Å². The number of nitrogens with zero attached hydrogens (tertiary/aromatic N) is 1. The summed E-state index contributed by atoms with van der Waals surface area (Å²) in [5, 5.41) is 0. The average molecular weight is 304 g/mol. The van der Waals surface area contributed by atoms with Crippen LogP contribution in [0.5, 0.6) is 5.75 Å². The molecule has 1 aromatic carbocycles. The van der Waals surface area contributed by atoms with Crippen LogP contribution in [0.15, 0.2) is 18.2 Å². The molecule has 1 unspecified atom stereocenters. The maximum Gasteiger partial charge on any atom is 0.143 e. The molecule has 1 heterocycles. The van der Waals surface area contributed by atoms with Crippen molar-refractivity contribution in [2.24, 2.45) is 11.7 Å². The lowest BCUT2D eigenvalue weighted by molar-refractivity contribution is 0.144. The van der Waals surface area contributed by atoms with Gasteiger partial charge in [0.2, 0.25) is 0 Å². The van der Waals surface area contributed by atoms with E-state index >= 15 is 0 Å². The largest absolute Gasteiger partial charge is 0.486 e. The van der Waals surface area contributed by atoms with Crippen LogP contribution in [-0.2, 0) is 5.41 Å². The first-order valence-corrected chi connectivity index (χ1v) is 8.32. The van der Waals surface area contributed by atoms with Crippen molar-refractivity contribution in [3.05, 3.63) is 23.8 Å². The molecule has 0 aromatic heterocycles. The average Bonchev–Trinajstić information content (AvgIpc) is 2.34. The summed E-state index contributed by atoms with van der Waals surface area (Å²) in [6.45, 7) is 17.1. The molecule has 0 spiro atoms. The van der Waals surface area contributed by atoms with E-state index in [2.05, 4.69) is 71.6 Å². The van der Waals surface area contributed by atoms with Gasteiger partial charge < -0.3 is 15.4 Å². The van der Waals surface area contributed by atoms with E-state index in [9.17, 15) is 0 Å². The van der Waals surface area contributed by atoms with Crippen LogP contribution in [0.25, 0.3) is 0 Å². The third-order valence-electron chi connectivity index (χ3n) is 4.19. The first-order valence-electron chi connectivity index (χ1n) is 8.32. The predicted octanol–water partition coefficient (Wildman–Crippen LogP) is 3.94. The lowest BCUT2D eigenvalue weighted by Crippen LogP contribution is -2.51. The molecule has 0 saturated heterocycles. The molecular formula is C19H32N2O. The molecule has 1 aliphatic rings. The molecule has 1 aromatic rings. The zero-order valence-corrected chi connectivity index (χ0v) is 15.2. The zero-order valence-electron chi connectivity index (χ0n) is 15.2. The first kappa shape index (κ1) is 17.1. The van der Waals surface area contributed by atoms with E-state index in [0.29, 0.717) is 5.92 Å². The van der Waals surface area contributed by atoms with Gasteiger partial charge in [0.1, 0.15) is 11.9 Å². The summed E-state index contributed by atoms with van der Waals surface area (Å²) in [5.41, 5.74) is 8.71. The van der Waals surface area contributed by atoms with E-state index in [4.69, 9.17) is 10.5 Å². The van der Waals surface area contributed by atoms with Gasteiger partial charge >= 0.3 is 0 Å². The molecule has 0 radical (unpaired) electrons. The van der Waals surface area contributed by atoms with Crippen molar-refractivity contribution in [1.82, 2.24) is 0 Å². The van der Waals surface area contributed by atoms with Crippen LogP contribution >= 0.6 is 0 Å². The third kappa shape index (κ3) is 3.95. The van der Waals surface area contributed by atoms with Gasteiger partial charge in [-0.15, -0.1) is 0 Å². The van der Waals surface area contributed by atoms with Gasteiger partial charge in [0.15, 0.2) is 0 Å². The Morgan fingerprint density at radius 2 is 1.86 bits per heavy atom. The molecule has 3 nitrogen and oxygen atoms in total. The summed E-state index contributed by atoms with van der Waals surface area (Å²) < 4.78 is 6.22. The minimum Gasteiger partial charge on any atom is -0.486 e. The van der Waals surface area contributed by atoms with Crippen LogP contribution in [0.3, 0.4) is 0 Å². The molecule has 0 fully saturated rings. The summed E-state index contributed by atoms with van der Waals surface area (Å²) in [5.74, 6) is 1.47. The van der Waals surface area contributed by atoms with Gasteiger partial charge in [-0.1, -0.05) is 40.7 Å². The van der Waals surface area contributed by atoms with E-state index in [1.54, 1.807) is 0 Å². The highest BCUT2D eigenvalue weighted by Gasteiger charge is 2.31. The molecule has 3 heteroatoms. The molecule has 2 N–H and O–H groups in total. The Labute approximate surface area is 135 Å².